The van der Waals surface area contributed by atoms with Crippen LogP contribution in [-0.2, 0) is 5.41 Å². The van der Waals surface area contributed by atoms with E-state index in [4.69, 9.17) is 9.15 Å². The molecule has 0 fully saturated rings. The fraction of sp³-hybridized carbons (Fsp3) is 0.0189. The van der Waals surface area contributed by atoms with Gasteiger partial charge in [0.25, 0.3) is 0 Å². The molecule has 0 amide bonds. The zero-order valence-corrected chi connectivity index (χ0v) is 30.3. The van der Waals surface area contributed by atoms with Gasteiger partial charge in [-0.2, -0.15) is 0 Å². The smallest absolute Gasteiger partial charge is 0.143 e. The molecule has 0 saturated heterocycles. The van der Waals surface area contributed by atoms with Crippen molar-refractivity contribution >= 4 is 49.8 Å². The minimum Gasteiger partial charge on any atom is -0.457 e. The molecular formula is C53H33NO2. The third-order valence-electron chi connectivity index (χ3n) is 11.9. The fourth-order valence-electron chi connectivity index (χ4n) is 9.51. The Labute approximate surface area is 324 Å². The summed E-state index contributed by atoms with van der Waals surface area (Å²) < 4.78 is 13.5. The molecule has 9 aromatic carbocycles. The van der Waals surface area contributed by atoms with E-state index in [1.807, 2.05) is 12.1 Å². The standard InChI is InChI=1S/C53H33NO2/c1-2-15-37(16-3-1)54(38-27-25-34(26-28-38)40-20-12-21-44-43-19-8-11-24-49(43)56-52(40)44)39-29-30-47-51(33-39)55-50-32-36-14-5-4-13-35(36)31-48(50)53(47)45-22-9-6-17-41(45)42-18-7-10-23-46(42)53/h1-33H. The molecule has 1 spiro atoms. The average molecular weight is 716 g/mol. The van der Waals surface area contributed by atoms with Crippen LogP contribution in [0.2, 0.25) is 0 Å². The van der Waals surface area contributed by atoms with Crippen molar-refractivity contribution in [3.05, 3.63) is 222 Å². The van der Waals surface area contributed by atoms with Gasteiger partial charge in [-0.15, -0.1) is 0 Å². The first kappa shape index (κ1) is 31.0. The first-order chi connectivity index (χ1) is 27.8. The lowest BCUT2D eigenvalue weighted by Crippen LogP contribution is -2.32. The Morgan fingerprint density at radius 2 is 0.964 bits per heavy atom. The quantitative estimate of drug-likeness (QED) is 0.181. The second-order valence-electron chi connectivity index (χ2n) is 14.8. The van der Waals surface area contributed by atoms with Crippen molar-refractivity contribution < 1.29 is 9.15 Å². The van der Waals surface area contributed by atoms with Crippen LogP contribution >= 0.6 is 0 Å². The lowest BCUT2D eigenvalue weighted by atomic mass is 9.66. The van der Waals surface area contributed by atoms with Gasteiger partial charge < -0.3 is 14.1 Å². The molecule has 0 saturated carbocycles. The minimum absolute atomic E-state index is 0.546. The highest BCUT2D eigenvalue weighted by Crippen LogP contribution is 2.63. The number of nitrogens with zero attached hydrogens (tertiary/aromatic N) is 1. The lowest BCUT2D eigenvalue weighted by molar-refractivity contribution is 0.437. The zero-order chi connectivity index (χ0) is 36.8. The highest BCUT2D eigenvalue weighted by Gasteiger charge is 2.51. The zero-order valence-electron chi connectivity index (χ0n) is 30.3. The molecule has 1 aliphatic carbocycles. The predicted octanol–water partition coefficient (Wildman–Crippen LogP) is 14.3. The van der Waals surface area contributed by atoms with Crippen LogP contribution in [0.1, 0.15) is 22.3 Å². The van der Waals surface area contributed by atoms with Crippen molar-refractivity contribution in [1.82, 2.24) is 0 Å². The topological polar surface area (TPSA) is 25.6 Å². The number of fused-ring (bicyclic) bond motifs is 13. The molecule has 0 atom stereocenters. The maximum absolute atomic E-state index is 7.07. The number of hydrogen-bond donors (Lipinski definition) is 0. The van der Waals surface area contributed by atoms with Crippen molar-refractivity contribution in [3.63, 3.8) is 0 Å². The van der Waals surface area contributed by atoms with Gasteiger partial charge in [0.05, 0.1) is 5.41 Å². The molecule has 1 aromatic heterocycles. The van der Waals surface area contributed by atoms with E-state index in [1.54, 1.807) is 0 Å². The van der Waals surface area contributed by atoms with E-state index in [0.717, 1.165) is 72.6 Å². The first-order valence-corrected chi connectivity index (χ1v) is 19.2. The Bertz CT molecular complexity index is 3130. The molecule has 1 aliphatic heterocycles. The monoisotopic (exact) mass is 715 g/mol. The minimum atomic E-state index is -0.546. The number of rotatable bonds is 4. The molecule has 2 heterocycles. The molecule has 10 aromatic rings. The lowest BCUT2D eigenvalue weighted by Gasteiger charge is -2.40. The summed E-state index contributed by atoms with van der Waals surface area (Å²) in [6.07, 6.45) is 0. The van der Waals surface area contributed by atoms with Crippen LogP contribution in [0.25, 0.3) is 55.0 Å². The maximum Gasteiger partial charge on any atom is 0.143 e. The summed E-state index contributed by atoms with van der Waals surface area (Å²) in [6.45, 7) is 0. The molecule has 0 N–H and O–H groups in total. The third-order valence-corrected chi connectivity index (χ3v) is 11.9. The molecule has 56 heavy (non-hydrogen) atoms. The summed E-state index contributed by atoms with van der Waals surface area (Å²) in [5.74, 6) is 1.74. The largest absolute Gasteiger partial charge is 0.457 e. The van der Waals surface area contributed by atoms with Crippen molar-refractivity contribution in [1.29, 1.82) is 0 Å². The molecule has 0 radical (unpaired) electrons. The Balaban J connectivity index is 1.04. The van der Waals surface area contributed by atoms with Crippen LogP contribution in [0, 0.1) is 0 Å². The van der Waals surface area contributed by atoms with Gasteiger partial charge in [-0.1, -0.05) is 146 Å². The average Bonchev–Trinajstić information content (AvgIpc) is 3.78. The Kier molecular flexibility index (Phi) is 6.55. The highest BCUT2D eigenvalue weighted by molar-refractivity contribution is 6.09. The van der Waals surface area contributed by atoms with Crippen molar-refractivity contribution in [2.45, 2.75) is 5.41 Å². The van der Waals surface area contributed by atoms with Crippen molar-refractivity contribution in [2.75, 3.05) is 4.90 Å². The van der Waals surface area contributed by atoms with Gasteiger partial charge in [0.2, 0.25) is 0 Å². The number of anilines is 3. The fourth-order valence-corrected chi connectivity index (χ4v) is 9.51. The molecular weight excluding hydrogens is 683 g/mol. The molecule has 262 valence electrons. The van der Waals surface area contributed by atoms with Gasteiger partial charge in [0.1, 0.15) is 22.7 Å². The number of furan rings is 1. The second-order valence-corrected chi connectivity index (χ2v) is 14.8. The van der Waals surface area contributed by atoms with Gasteiger partial charge in [-0.25, -0.2) is 0 Å². The van der Waals surface area contributed by atoms with E-state index in [1.165, 1.54) is 33.2 Å². The van der Waals surface area contributed by atoms with Gasteiger partial charge in [0, 0.05) is 50.6 Å². The normalized spacial score (nSPS) is 13.3. The van der Waals surface area contributed by atoms with Gasteiger partial charge in [-0.3, -0.25) is 0 Å². The summed E-state index contributed by atoms with van der Waals surface area (Å²) in [6, 6.07) is 71.8. The summed E-state index contributed by atoms with van der Waals surface area (Å²) >= 11 is 0. The Hall–Kier alpha value is -7.36. The van der Waals surface area contributed by atoms with Crippen LogP contribution in [0.5, 0.6) is 11.5 Å². The van der Waals surface area contributed by atoms with Crippen LogP contribution in [-0.4, -0.2) is 0 Å². The summed E-state index contributed by atoms with van der Waals surface area (Å²) in [5, 5.41) is 4.62. The molecule has 2 aliphatic rings. The van der Waals surface area contributed by atoms with Crippen LogP contribution in [0.15, 0.2) is 205 Å². The van der Waals surface area contributed by atoms with Crippen molar-refractivity contribution in [3.8, 4) is 33.8 Å². The van der Waals surface area contributed by atoms with Crippen molar-refractivity contribution in [2.24, 2.45) is 0 Å². The van der Waals surface area contributed by atoms with E-state index in [9.17, 15) is 0 Å². The van der Waals surface area contributed by atoms with E-state index in [-0.39, 0.29) is 0 Å². The van der Waals surface area contributed by atoms with Gasteiger partial charge in [-0.05, 0) is 87.1 Å². The van der Waals surface area contributed by atoms with Crippen LogP contribution < -0.4 is 9.64 Å². The SMILES string of the molecule is c1ccc(N(c2ccc(-c3cccc4c3oc3ccccc34)cc2)c2ccc3c(c2)Oc2cc4ccccc4cc2C32c3ccccc3-c3ccccc32)cc1. The number of benzene rings is 9. The summed E-state index contributed by atoms with van der Waals surface area (Å²) in [5.41, 5.74) is 14.0. The number of para-hydroxylation sites is 3. The van der Waals surface area contributed by atoms with E-state index in [2.05, 4.69) is 193 Å². The van der Waals surface area contributed by atoms with E-state index in [0.29, 0.717) is 0 Å². The van der Waals surface area contributed by atoms with E-state index < -0.39 is 5.41 Å². The maximum atomic E-state index is 7.07. The Morgan fingerprint density at radius 3 is 1.75 bits per heavy atom. The highest BCUT2D eigenvalue weighted by atomic mass is 16.5. The molecule has 0 unspecified atom stereocenters. The predicted molar refractivity (Wildman–Crippen MR) is 229 cm³/mol. The van der Waals surface area contributed by atoms with Gasteiger partial charge in [0.15, 0.2) is 0 Å². The summed E-state index contributed by atoms with van der Waals surface area (Å²) in [7, 11) is 0. The molecule has 3 heteroatoms. The third kappa shape index (κ3) is 4.34. The molecule has 3 nitrogen and oxygen atoms in total. The molecule has 0 bridgehead atoms. The first-order valence-electron chi connectivity index (χ1n) is 19.2. The Morgan fingerprint density at radius 1 is 0.375 bits per heavy atom. The van der Waals surface area contributed by atoms with Crippen LogP contribution in [0.3, 0.4) is 0 Å². The van der Waals surface area contributed by atoms with Crippen LogP contribution in [0.4, 0.5) is 17.1 Å². The van der Waals surface area contributed by atoms with E-state index >= 15 is 0 Å². The number of ether oxygens (including phenoxy) is 1. The summed E-state index contributed by atoms with van der Waals surface area (Å²) in [4.78, 5) is 2.31. The molecule has 12 rings (SSSR count). The second kappa shape index (κ2) is 11.8. The number of hydrogen-bond acceptors (Lipinski definition) is 3. The van der Waals surface area contributed by atoms with Gasteiger partial charge >= 0.3 is 0 Å².